The van der Waals surface area contributed by atoms with Crippen molar-refractivity contribution in [3.8, 4) is 0 Å². The number of nitrogens with two attached hydrogens (primary N) is 1. The van der Waals surface area contributed by atoms with Crippen LogP contribution in [0.5, 0.6) is 0 Å². The van der Waals surface area contributed by atoms with Crippen molar-refractivity contribution >= 4 is 18.3 Å². The van der Waals surface area contributed by atoms with E-state index in [9.17, 15) is 4.79 Å². The Balaban J connectivity index is 0.00000180. The van der Waals surface area contributed by atoms with Gasteiger partial charge in [-0.3, -0.25) is 4.79 Å². The predicted molar refractivity (Wildman–Crippen MR) is 81.4 cm³/mol. The standard InChI is InChI=1S/C15H28N2O.ClH/c1-3-15(4-2)8-9-17(11-15)14(18)12-6-5-7-13(16)10-12;/h12-13H,3-11,16H2,1-2H3;1H. The zero-order valence-corrected chi connectivity index (χ0v) is 13.2. The molecule has 1 saturated heterocycles. The molecule has 1 saturated carbocycles. The van der Waals surface area contributed by atoms with E-state index in [-0.39, 0.29) is 24.4 Å². The Kier molecular flexibility index (Phi) is 6.13. The zero-order valence-electron chi connectivity index (χ0n) is 12.4. The number of rotatable bonds is 3. The molecule has 19 heavy (non-hydrogen) atoms. The first-order valence-electron chi connectivity index (χ1n) is 7.64. The molecule has 0 bridgehead atoms. The van der Waals surface area contributed by atoms with Crippen LogP contribution in [0.4, 0.5) is 0 Å². The fraction of sp³-hybridized carbons (Fsp3) is 0.933. The van der Waals surface area contributed by atoms with Crippen LogP contribution in [0.2, 0.25) is 0 Å². The van der Waals surface area contributed by atoms with Crippen LogP contribution in [0.25, 0.3) is 0 Å². The van der Waals surface area contributed by atoms with Crippen LogP contribution in [-0.4, -0.2) is 29.9 Å². The average Bonchev–Trinajstić information content (AvgIpc) is 2.83. The monoisotopic (exact) mass is 288 g/mol. The topological polar surface area (TPSA) is 46.3 Å². The molecule has 1 heterocycles. The van der Waals surface area contributed by atoms with Crippen LogP contribution in [-0.2, 0) is 4.79 Å². The molecule has 3 nitrogen and oxygen atoms in total. The Labute approximate surface area is 123 Å². The lowest BCUT2D eigenvalue weighted by molar-refractivity contribution is -0.136. The second-order valence-electron chi connectivity index (χ2n) is 6.34. The lowest BCUT2D eigenvalue weighted by Crippen LogP contribution is -2.40. The predicted octanol–water partition coefficient (Wildman–Crippen LogP) is 2.96. The van der Waals surface area contributed by atoms with Gasteiger partial charge in [-0.25, -0.2) is 0 Å². The number of likely N-dealkylation sites (tertiary alicyclic amines) is 1. The number of halogens is 1. The van der Waals surface area contributed by atoms with Crippen molar-refractivity contribution in [2.45, 2.75) is 64.8 Å². The lowest BCUT2D eigenvalue weighted by atomic mass is 9.81. The zero-order chi connectivity index (χ0) is 13.2. The van der Waals surface area contributed by atoms with Crippen LogP contribution in [0, 0.1) is 11.3 Å². The maximum Gasteiger partial charge on any atom is 0.225 e. The van der Waals surface area contributed by atoms with E-state index in [1.807, 2.05) is 0 Å². The summed E-state index contributed by atoms with van der Waals surface area (Å²) >= 11 is 0. The summed E-state index contributed by atoms with van der Waals surface area (Å²) in [7, 11) is 0. The maximum absolute atomic E-state index is 12.5. The number of nitrogens with zero attached hydrogens (tertiary/aromatic N) is 1. The molecule has 2 unspecified atom stereocenters. The van der Waals surface area contributed by atoms with Gasteiger partial charge in [0.1, 0.15) is 0 Å². The van der Waals surface area contributed by atoms with Gasteiger partial charge in [-0.05, 0) is 43.9 Å². The molecule has 0 aromatic rings. The minimum Gasteiger partial charge on any atom is -0.342 e. The summed E-state index contributed by atoms with van der Waals surface area (Å²) in [5.41, 5.74) is 6.39. The average molecular weight is 289 g/mol. The Bertz CT molecular complexity index is 305. The van der Waals surface area contributed by atoms with Gasteiger partial charge in [0.2, 0.25) is 5.91 Å². The molecule has 2 N–H and O–H groups in total. The van der Waals surface area contributed by atoms with Crippen LogP contribution in [0.1, 0.15) is 58.8 Å². The molecule has 2 atom stereocenters. The second kappa shape index (κ2) is 6.94. The van der Waals surface area contributed by atoms with E-state index in [2.05, 4.69) is 18.7 Å². The largest absolute Gasteiger partial charge is 0.342 e. The van der Waals surface area contributed by atoms with Gasteiger partial charge in [0, 0.05) is 25.0 Å². The first kappa shape index (κ1) is 16.8. The maximum atomic E-state index is 12.5. The fourth-order valence-corrected chi connectivity index (χ4v) is 3.66. The highest BCUT2D eigenvalue weighted by Crippen LogP contribution is 2.38. The molecule has 2 fully saturated rings. The second-order valence-corrected chi connectivity index (χ2v) is 6.34. The van der Waals surface area contributed by atoms with Gasteiger partial charge in [0.05, 0.1) is 0 Å². The van der Waals surface area contributed by atoms with Gasteiger partial charge in [-0.15, -0.1) is 12.4 Å². The summed E-state index contributed by atoms with van der Waals surface area (Å²) in [6.07, 6.45) is 7.74. The van der Waals surface area contributed by atoms with E-state index >= 15 is 0 Å². The van der Waals surface area contributed by atoms with E-state index in [4.69, 9.17) is 5.73 Å². The Morgan fingerprint density at radius 2 is 2.00 bits per heavy atom. The molecular formula is C15H29ClN2O. The molecule has 0 aromatic carbocycles. The number of carbonyl (C=O) groups is 1. The number of carbonyl (C=O) groups excluding carboxylic acids is 1. The molecule has 4 heteroatoms. The highest BCUT2D eigenvalue weighted by molar-refractivity contribution is 5.85. The van der Waals surface area contributed by atoms with Crippen LogP contribution in [0.3, 0.4) is 0 Å². The summed E-state index contributed by atoms with van der Waals surface area (Å²) in [5, 5.41) is 0. The first-order chi connectivity index (χ1) is 8.60. The van der Waals surface area contributed by atoms with E-state index < -0.39 is 0 Å². The Morgan fingerprint density at radius 1 is 1.32 bits per heavy atom. The molecule has 0 aromatic heterocycles. The summed E-state index contributed by atoms with van der Waals surface area (Å²) in [6, 6.07) is 0.248. The van der Waals surface area contributed by atoms with Crippen molar-refractivity contribution in [3.63, 3.8) is 0 Å². The number of hydrogen-bond acceptors (Lipinski definition) is 2. The molecule has 1 aliphatic carbocycles. The highest BCUT2D eigenvalue weighted by atomic mass is 35.5. The molecule has 1 aliphatic heterocycles. The minimum atomic E-state index is 0. The van der Waals surface area contributed by atoms with Crippen molar-refractivity contribution in [2.75, 3.05) is 13.1 Å². The molecule has 2 aliphatic rings. The van der Waals surface area contributed by atoms with E-state index in [1.165, 1.54) is 19.3 Å². The fourth-order valence-electron chi connectivity index (χ4n) is 3.66. The van der Waals surface area contributed by atoms with Gasteiger partial charge in [-0.2, -0.15) is 0 Å². The number of hydrogen-bond donors (Lipinski definition) is 1. The summed E-state index contributed by atoms with van der Waals surface area (Å²) in [5.74, 6) is 0.590. The van der Waals surface area contributed by atoms with E-state index in [0.29, 0.717) is 11.3 Å². The van der Waals surface area contributed by atoms with Crippen molar-refractivity contribution < 1.29 is 4.79 Å². The third kappa shape index (κ3) is 3.63. The van der Waals surface area contributed by atoms with Crippen LogP contribution >= 0.6 is 12.4 Å². The van der Waals surface area contributed by atoms with Crippen LogP contribution < -0.4 is 5.73 Å². The molecule has 0 radical (unpaired) electrons. The van der Waals surface area contributed by atoms with Crippen molar-refractivity contribution in [1.82, 2.24) is 4.90 Å². The van der Waals surface area contributed by atoms with Crippen molar-refractivity contribution in [3.05, 3.63) is 0 Å². The molecule has 0 spiro atoms. The Hall–Kier alpha value is -0.280. The summed E-state index contributed by atoms with van der Waals surface area (Å²) < 4.78 is 0. The van der Waals surface area contributed by atoms with Gasteiger partial charge < -0.3 is 10.6 Å². The smallest absolute Gasteiger partial charge is 0.225 e. The van der Waals surface area contributed by atoms with Crippen molar-refractivity contribution in [1.29, 1.82) is 0 Å². The Morgan fingerprint density at radius 3 is 2.53 bits per heavy atom. The van der Waals surface area contributed by atoms with Gasteiger partial charge in [0.25, 0.3) is 0 Å². The quantitative estimate of drug-likeness (QED) is 0.868. The van der Waals surface area contributed by atoms with Crippen molar-refractivity contribution in [2.24, 2.45) is 17.1 Å². The minimum absolute atomic E-state index is 0. The highest BCUT2D eigenvalue weighted by Gasteiger charge is 2.39. The molecule has 2 rings (SSSR count). The molecule has 1 amide bonds. The van der Waals surface area contributed by atoms with E-state index in [1.54, 1.807) is 0 Å². The van der Waals surface area contributed by atoms with Gasteiger partial charge in [-0.1, -0.05) is 20.3 Å². The van der Waals surface area contributed by atoms with Crippen LogP contribution in [0.15, 0.2) is 0 Å². The SMILES string of the molecule is CCC1(CC)CCN(C(=O)C2CCCC(N)C2)C1.Cl. The third-order valence-corrected chi connectivity index (χ3v) is 5.31. The number of amides is 1. The summed E-state index contributed by atoms with van der Waals surface area (Å²) in [6.45, 7) is 6.46. The lowest BCUT2D eigenvalue weighted by Gasteiger charge is -2.31. The summed E-state index contributed by atoms with van der Waals surface area (Å²) in [4.78, 5) is 14.7. The third-order valence-electron chi connectivity index (χ3n) is 5.31. The molecular weight excluding hydrogens is 260 g/mol. The van der Waals surface area contributed by atoms with Gasteiger partial charge >= 0.3 is 0 Å². The normalized spacial score (nSPS) is 29.9. The van der Waals surface area contributed by atoms with Gasteiger partial charge in [0.15, 0.2) is 0 Å². The van der Waals surface area contributed by atoms with E-state index in [0.717, 1.165) is 38.8 Å². The first-order valence-corrected chi connectivity index (χ1v) is 7.64. The molecule has 112 valence electrons.